The zero-order chi connectivity index (χ0) is 19.8. The summed E-state index contributed by atoms with van der Waals surface area (Å²) in [6.07, 6.45) is 1.84. The van der Waals surface area contributed by atoms with Crippen molar-refractivity contribution in [2.45, 2.75) is 20.0 Å². The third-order valence-electron chi connectivity index (χ3n) is 4.18. The maximum atomic E-state index is 11.1. The summed E-state index contributed by atoms with van der Waals surface area (Å²) in [6, 6.07) is 24.8. The minimum atomic E-state index is -0.961. The van der Waals surface area contributed by atoms with Gasteiger partial charge in [0.25, 0.3) is 0 Å². The molecule has 0 saturated heterocycles. The molecule has 1 N–H and O–H groups in total. The van der Waals surface area contributed by atoms with E-state index in [0.717, 1.165) is 28.2 Å². The maximum Gasteiger partial charge on any atom is 0.328 e. The van der Waals surface area contributed by atoms with Crippen molar-refractivity contribution in [3.63, 3.8) is 0 Å². The minimum Gasteiger partial charge on any atom is -0.488 e. The number of carbonyl (C=O) groups is 1. The van der Waals surface area contributed by atoms with E-state index in [9.17, 15) is 4.79 Å². The topological polar surface area (TPSA) is 55.8 Å². The van der Waals surface area contributed by atoms with Gasteiger partial charge in [0.05, 0.1) is 0 Å². The van der Waals surface area contributed by atoms with Crippen LogP contribution in [-0.4, -0.2) is 11.1 Å². The van der Waals surface area contributed by atoms with Crippen molar-refractivity contribution in [3.8, 4) is 17.2 Å². The van der Waals surface area contributed by atoms with Crippen LogP contribution in [0, 0.1) is 0 Å². The summed E-state index contributed by atoms with van der Waals surface area (Å²) in [6.45, 7) is 2.28. The number of benzene rings is 3. The second-order valence-corrected chi connectivity index (χ2v) is 6.21. The number of para-hydroxylation sites is 2. The lowest BCUT2D eigenvalue weighted by atomic mass is 10.0. The summed E-state index contributed by atoms with van der Waals surface area (Å²) in [5.74, 6) is 1.21. The van der Waals surface area contributed by atoms with Crippen molar-refractivity contribution in [2.24, 2.45) is 0 Å². The largest absolute Gasteiger partial charge is 0.488 e. The molecular weight excluding hydrogens is 352 g/mol. The predicted molar refractivity (Wildman–Crippen MR) is 110 cm³/mol. The highest BCUT2D eigenvalue weighted by atomic mass is 16.5. The molecule has 0 atom stereocenters. The fourth-order valence-electron chi connectivity index (χ4n) is 2.86. The highest BCUT2D eigenvalue weighted by Crippen LogP contribution is 2.29. The normalized spacial score (nSPS) is 11.1. The second-order valence-electron chi connectivity index (χ2n) is 6.21. The average Bonchev–Trinajstić information content (AvgIpc) is 2.72. The quantitative estimate of drug-likeness (QED) is 0.496. The molecule has 28 heavy (non-hydrogen) atoms. The van der Waals surface area contributed by atoms with E-state index in [2.05, 4.69) is 0 Å². The van der Waals surface area contributed by atoms with Crippen LogP contribution in [0.5, 0.6) is 17.2 Å². The van der Waals surface area contributed by atoms with Gasteiger partial charge >= 0.3 is 5.97 Å². The van der Waals surface area contributed by atoms with Gasteiger partial charge in [-0.3, -0.25) is 0 Å². The highest BCUT2D eigenvalue weighted by molar-refractivity contribution is 5.90. The first-order valence-electron chi connectivity index (χ1n) is 9.13. The van der Waals surface area contributed by atoms with E-state index in [1.807, 2.05) is 85.8 Å². The maximum absolute atomic E-state index is 11.1. The monoisotopic (exact) mass is 374 g/mol. The molecule has 0 amide bonds. The molecule has 0 aliphatic carbocycles. The standard InChI is InChI=1S/C24H22O4/c1-2-19(16-24(25)26)22-13-6-7-14-23(22)27-17-18-9-8-12-21(15-18)28-20-10-4-3-5-11-20/h3-16H,2,17H2,1H3,(H,25,26)/b19-16+. The summed E-state index contributed by atoms with van der Waals surface area (Å²) >= 11 is 0. The first-order valence-corrected chi connectivity index (χ1v) is 9.13. The number of rotatable bonds is 8. The molecule has 0 unspecified atom stereocenters. The van der Waals surface area contributed by atoms with Gasteiger partial charge in [-0.1, -0.05) is 55.5 Å². The van der Waals surface area contributed by atoms with E-state index >= 15 is 0 Å². The number of hydrogen-bond donors (Lipinski definition) is 1. The molecule has 0 spiro atoms. The van der Waals surface area contributed by atoms with Crippen LogP contribution in [-0.2, 0) is 11.4 Å². The van der Waals surface area contributed by atoms with Gasteiger partial charge in [-0.15, -0.1) is 0 Å². The highest BCUT2D eigenvalue weighted by Gasteiger charge is 2.09. The Kier molecular flexibility index (Phi) is 6.47. The van der Waals surface area contributed by atoms with Gasteiger partial charge in [0.2, 0.25) is 0 Å². The summed E-state index contributed by atoms with van der Waals surface area (Å²) in [4.78, 5) is 11.1. The molecule has 0 fully saturated rings. The van der Waals surface area contributed by atoms with Crippen molar-refractivity contribution in [2.75, 3.05) is 0 Å². The van der Waals surface area contributed by atoms with E-state index in [1.54, 1.807) is 0 Å². The van der Waals surface area contributed by atoms with Gasteiger partial charge in [0, 0.05) is 11.6 Å². The van der Waals surface area contributed by atoms with Crippen LogP contribution in [0.2, 0.25) is 0 Å². The number of carboxylic acids is 1. The first-order chi connectivity index (χ1) is 13.7. The summed E-state index contributed by atoms with van der Waals surface area (Å²) < 4.78 is 11.9. The molecule has 4 nitrogen and oxygen atoms in total. The molecule has 3 aromatic rings. The Morgan fingerprint density at radius 1 is 0.929 bits per heavy atom. The summed E-state index contributed by atoms with van der Waals surface area (Å²) in [5.41, 5.74) is 2.48. The van der Waals surface area contributed by atoms with Crippen molar-refractivity contribution in [1.82, 2.24) is 0 Å². The van der Waals surface area contributed by atoms with Crippen LogP contribution in [0.3, 0.4) is 0 Å². The molecule has 0 heterocycles. The van der Waals surface area contributed by atoms with Gasteiger partial charge in [-0.2, -0.15) is 0 Å². The number of hydrogen-bond acceptors (Lipinski definition) is 3. The van der Waals surface area contributed by atoms with E-state index < -0.39 is 5.97 Å². The van der Waals surface area contributed by atoms with Crippen molar-refractivity contribution in [1.29, 1.82) is 0 Å². The van der Waals surface area contributed by atoms with Gasteiger partial charge in [0.15, 0.2) is 0 Å². The van der Waals surface area contributed by atoms with Crippen molar-refractivity contribution in [3.05, 3.63) is 96.1 Å². The van der Waals surface area contributed by atoms with Gasteiger partial charge in [-0.05, 0) is 47.9 Å². The molecule has 0 aromatic heterocycles. The fourth-order valence-corrected chi connectivity index (χ4v) is 2.86. The Labute approximate surface area is 164 Å². The number of allylic oxidation sites excluding steroid dienone is 1. The fraction of sp³-hybridized carbons (Fsp3) is 0.125. The summed E-state index contributed by atoms with van der Waals surface area (Å²) in [7, 11) is 0. The Balaban J connectivity index is 1.75. The molecule has 0 saturated carbocycles. The average molecular weight is 374 g/mol. The van der Waals surface area contributed by atoms with Crippen LogP contribution in [0.1, 0.15) is 24.5 Å². The third-order valence-corrected chi connectivity index (χ3v) is 4.18. The van der Waals surface area contributed by atoms with Crippen LogP contribution >= 0.6 is 0 Å². The molecule has 3 aromatic carbocycles. The Bertz CT molecular complexity index is 961. The van der Waals surface area contributed by atoms with Crippen molar-refractivity contribution >= 4 is 11.5 Å². The van der Waals surface area contributed by atoms with E-state index in [1.165, 1.54) is 6.08 Å². The van der Waals surface area contributed by atoms with Crippen LogP contribution in [0.25, 0.3) is 5.57 Å². The zero-order valence-corrected chi connectivity index (χ0v) is 15.7. The molecule has 3 rings (SSSR count). The molecule has 0 bridgehead atoms. The lowest BCUT2D eigenvalue weighted by Gasteiger charge is -2.14. The predicted octanol–water partition coefficient (Wildman–Crippen LogP) is 5.94. The van der Waals surface area contributed by atoms with E-state index in [-0.39, 0.29) is 0 Å². The van der Waals surface area contributed by atoms with Gasteiger partial charge < -0.3 is 14.6 Å². The Morgan fingerprint density at radius 3 is 2.39 bits per heavy atom. The number of aliphatic carboxylic acids is 1. The second kappa shape index (κ2) is 9.42. The molecule has 142 valence electrons. The van der Waals surface area contributed by atoms with Gasteiger partial charge in [0.1, 0.15) is 23.9 Å². The Hall–Kier alpha value is -3.53. The first kappa shape index (κ1) is 19.2. The lowest BCUT2D eigenvalue weighted by Crippen LogP contribution is -2.00. The molecule has 4 heteroatoms. The lowest BCUT2D eigenvalue weighted by molar-refractivity contribution is -0.131. The Morgan fingerprint density at radius 2 is 1.64 bits per heavy atom. The van der Waals surface area contributed by atoms with Crippen LogP contribution < -0.4 is 9.47 Å². The SMILES string of the molecule is CC/C(=C\C(=O)O)c1ccccc1OCc1cccc(Oc2ccccc2)c1. The minimum absolute atomic E-state index is 0.354. The van der Waals surface area contributed by atoms with Gasteiger partial charge in [-0.25, -0.2) is 4.79 Å². The number of ether oxygens (including phenoxy) is 2. The van der Waals surface area contributed by atoms with E-state index in [4.69, 9.17) is 14.6 Å². The molecule has 0 aliphatic rings. The van der Waals surface area contributed by atoms with E-state index in [0.29, 0.717) is 18.8 Å². The summed E-state index contributed by atoms with van der Waals surface area (Å²) in [5, 5.41) is 9.10. The van der Waals surface area contributed by atoms with Crippen LogP contribution in [0.4, 0.5) is 0 Å². The molecular formula is C24H22O4. The molecule has 0 aliphatic heterocycles. The van der Waals surface area contributed by atoms with Crippen LogP contribution in [0.15, 0.2) is 84.9 Å². The molecule has 0 radical (unpaired) electrons. The zero-order valence-electron chi connectivity index (χ0n) is 15.7. The number of carboxylic acid groups (broad SMARTS) is 1. The van der Waals surface area contributed by atoms with Crippen molar-refractivity contribution < 1.29 is 19.4 Å². The third kappa shape index (κ3) is 5.24. The smallest absolute Gasteiger partial charge is 0.328 e.